The zero-order valence-electron chi connectivity index (χ0n) is 15.2. The molecule has 130 valence electrons. The lowest BCUT2D eigenvalue weighted by Crippen LogP contribution is -2.40. The van der Waals surface area contributed by atoms with Gasteiger partial charge in [-0.3, -0.25) is 4.98 Å². The van der Waals surface area contributed by atoms with Gasteiger partial charge in [0.25, 0.3) is 0 Å². The first kappa shape index (κ1) is 17.0. The number of likely N-dealkylation sites (tertiary alicyclic amines) is 1. The van der Waals surface area contributed by atoms with Crippen LogP contribution in [-0.4, -0.2) is 51.1 Å². The normalized spacial score (nSPS) is 16.7. The molecule has 0 aliphatic carbocycles. The van der Waals surface area contributed by atoms with E-state index in [-0.39, 0.29) is 0 Å². The number of aryl methyl sites for hydroxylation is 3. The summed E-state index contributed by atoms with van der Waals surface area (Å²) < 4.78 is 1.91. The van der Waals surface area contributed by atoms with Gasteiger partial charge in [-0.2, -0.15) is 0 Å². The van der Waals surface area contributed by atoms with Gasteiger partial charge in [0.05, 0.1) is 18.4 Å². The Kier molecular flexibility index (Phi) is 5.26. The van der Waals surface area contributed by atoms with Gasteiger partial charge in [0, 0.05) is 24.0 Å². The highest BCUT2D eigenvalue weighted by molar-refractivity contribution is 5.31. The first-order valence-electron chi connectivity index (χ1n) is 8.76. The Morgan fingerprint density at radius 2 is 1.96 bits per heavy atom. The van der Waals surface area contributed by atoms with Gasteiger partial charge in [-0.05, 0) is 70.9 Å². The molecular weight excluding hydrogens is 300 g/mol. The van der Waals surface area contributed by atoms with E-state index >= 15 is 0 Å². The maximum absolute atomic E-state index is 4.56. The Bertz CT molecular complexity index is 662. The van der Waals surface area contributed by atoms with Crippen LogP contribution in [0.5, 0.6) is 0 Å². The number of hydrogen-bond donors (Lipinski definition) is 1. The van der Waals surface area contributed by atoms with E-state index in [0.29, 0.717) is 6.04 Å². The molecule has 6 heteroatoms. The van der Waals surface area contributed by atoms with Crippen molar-refractivity contribution in [1.29, 1.82) is 0 Å². The zero-order valence-corrected chi connectivity index (χ0v) is 15.2. The summed E-state index contributed by atoms with van der Waals surface area (Å²) in [7, 11) is 2.19. The molecule has 1 aliphatic heterocycles. The second-order valence-corrected chi connectivity index (χ2v) is 7.01. The summed E-state index contributed by atoms with van der Waals surface area (Å²) in [5, 5.41) is 12.2. The number of aromatic nitrogens is 4. The number of pyridine rings is 1. The molecule has 0 radical (unpaired) electrons. The van der Waals surface area contributed by atoms with E-state index in [4.69, 9.17) is 0 Å². The third-order valence-electron chi connectivity index (χ3n) is 4.88. The maximum Gasteiger partial charge on any atom is 0.0965 e. The van der Waals surface area contributed by atoms with Crippen molar-refractivity contribution in [3.05, 3.63) is 40.5 Å². The standard InChI is InChI=1S/C18H28N6/c1-13-9-14(2)20-15(3)18(13)12-24-11-17(21-22-24)10-19-16-5-7-23(4)8-6-16/h9,11,16,19H,5-8,10,12H2,1-4H3. The maximum atomic E-state index is 4.56. The lowest BCUT2D eigenvalue weighted by molar-refractivity contribution is 0.233. The lowest BCUT2D eigenvalue weighted by Gasteiger charge is -2.29. The van der Waals surface area contributed by atoms with E-state index < -0.39 is 0 Å². The molecule has 0 spiro atoms. The minimum atomic E-state index is 0.595. The van der Waals surface area contributed by atoms with Crippen molar-refractivity contribution in [2.75, 3.05) is 20.1 Å². The summed E-state index contributed by atoms with van der Waals surface area (Å²) in [6.45, 7) is 10.1. The Morgan fingerprint density at radius 1 is 1.21 bits per heavy atom. The van der Waals surface area contributed by atoms with E-state index in [1.165, 1.54) is 37.1 Å². The molecule has 0 unspecified atom stereocenters. The van der Waals surface area contributed by atoms with Crippen molar-refractivity contribution >= 4 is 0 Å². The molecule has 2 aromatic heterocycles. The monoisotopic (exact) mass is 328 g/mol. The van der Waals surface area contributed by atoms with Crippen molar-refractivity contribution in [3.63, 3.8) is 0 Å². The summed E-state index contributed by atoms with van der Waals surface area (Å²) in [4.78, 5) is 6.95. The minimum Gasteiger partial charge on any atom is -0.308 e. The van der Waals surface area contributed by atoms with Crippen LogP contribution in [0.1, 0.15) is 41.1 Å². The van der Waals surface area contributed by atoms with Gasteiger partial charge in [-0.25, -0.2) is 4.68 Å². The van der Waals surface area contributed by atoms with Gasteiger partial charge in [-0.15, -0.1) is 5.10 Å². The van der Waals surface area contributed by atoms with Crippen molar-refractivity contribution in [2.45, 2.75) is 52.7 Å². The molecule has 0 bridgehead atoms. The second-order valence-electron chi connectivity index (χ2n) is 7.01. The Balaban J connectivity index is 1.58. The fourth-order valence-electron chi connectivity index (χ4n) is 3.41. The zero-order chi connectivity index (χ0) is 17.1. The third-order valence-corrected chi connectivity index (χ3v) is 4.88. The highest BCUT2D eigenvalue weighted by Crippen LogP contribution is 2.15. The number of hydrogen-bond acceptors (Lipinski definition) is 5. The fourth-order valence-corrected chi connectivity index (χ4v) is 3.41. The largest absolute Gasteiger partial charge is 0.308 e. The summed E-state index contributed by atoms with van der Waals surface area (Å²) in [5.41, 5.74) is 5.65. The van der Waals surface area contributed by atoms with Gasteiger partial charge >= 0.3 is 0 Å². The van der Waals surface area contributed by atoms with E-state index in [1.807, 2.05) is 17.8 Å². The first-order chi connectivity index (χ1) is 11.5. The van der Waals surface area contributed by atoms with E-state index in [2.05, 4.69) is 52.5 Å². The molecule has 24 heavy (non-hydrogen) atoms. The second kappa shape index (κ2) is 7.40. The molecule has 1 N–H and O–H groups in total. The van der Waals surface area contributed by atoms with Crippen LogP contribution >= 0.6 is 0 Å². The molecule has 3 rings (SSSR count). The highest BCUT2D eigenvalue weighted by Gasteiger charge is 2.16. The first-order valence-corrected chi connectivity index (χ1v) is 8.76. The fraction of sp³-hybridized carbons (Fsp3) is 0.611. The topological polar surface area (TPSA) is 58.9 Å². The average Bonchev–Trinajstić information content (AvgIpc) is 2.98. The Morgan fingerprint density at radius 3 is 2.67 bits per heavy atom. The smallest absolute Gasteiger partial charge is 0.0965 e. The van der Waals surface area contributed by atoms with E-state index in [9.17, 15) is 0 Å². The van der Waals surface area contributed by atoms with Crippen molar-refractivity contribution < 1.29 is 0 Å². The van der Waals surface area contributed by atoms with Crippen molar-refractivity contribution in [2.24, 2.45) is 0 Å². The van der Waals surface area contributed by atoms with Gasteiger partial charge in [0.15, 0.2) is 0 Å². The molecular formula is C18H28N6. The van der Waals surface area contributed by atoms with Gasteiger partial charge in [0.1, 0.15) is 0 Å². The van der Waals surface area contributed by atoms with Crippen molar-refractivity contribution in [3.8, 4) is 0 Å². The Hall–Kier alpha value is -1.79. The highest BCUT2D eigenvalue weighted by atomic mass is 15.4. The van der Waals surface area contributed by atoms with Crippen LogP contribution in [0, 0.1) is 20.8 Å². The molecule has 1 aliphatic rings. The van der Waals surface area contributed by atoms with Gasteiger partial charge in [-0.1, -0.05) is 5.21 Å². The molecule has 0 atom stereocenters. The van der Waals surface area contributed by atoms with Gasteiger partial charge < -0.3 is 10.2 Å². The molecule has 0 aromatic carbocycles. The molecule has 0 saturated carbocycles. The molecule has 6 nitrogen and oxygen atoms in total. The summed E-state index contributed by atoms with van der Waals surface area (Å²) in [6, 6.07) is 2.72. The van der Waals surface area contributed by atoms with Crippen LogP contribution < -0.4 is 5.32 Å². The predicted molar refractivity (Wildman–Crippen MR) is 94.9 cm³/mol. The van der Waals surface area contributed by atoms with Crippen LogP contribution in [0.2, 0.25) is 0 Å². The Labute approximate surface area is 144 Å². The molecule has 1 saturated heterocycles. The van der Waals surface area contributed by atoms with E-state index in [0.717, 1.165) is 30.2 Å². The van der Waals surface area contributed by atoms with E-state index in [1.54, 1.807) is 0 Å². The summed E-state index contributed by atoms with van der Waals surface area (Å²) in [5.74, 6) is 0. The van der Waals surface area contributed by atoms with Gasteiger partial charge in [0.2, 0.25) is 0 Å². The molecule has 3 heterocycles. The number of rotatable bonds is 5. The lowest BCUT2D eigenvalue weighted by atomic mass is 10.1. The van der Waals surface area contributed by atoms with Crippen LogP contribution in [0.3, 0.4) is 0 Å². The average molecular weight is 328 g/mol. The van der Waals surface area contributed by atoms with Crippen LogP contribution in [-0.2, 0) is 13.1 Å². The minimum absolute atomic E-state index is 0.595. The number of nitrogens with zero attached hydrogens (tertiary/aromatic N) is 5. The third kappa shape index (κ3) is 4.19. The van der Waals surface area contributed by atoms with Crippen LogP contribution in [0.25, 0.3) is 0 Å². The van der Waals surface area contributed by atoms with Crippen LogP contribution in [0.4, 0.5) is 0 Å². The van der Waals surface area contributed by atoms with Crippen molar-refractivity contribution in [1.82, 2.24) is 30.2 Å². The summed E-state index contributed by atoms with van der Waals surface area (Å²) in [6.07, 6.45) is 4.46. The molecule has 2 aromatic rings. The SMILES string of the molecule is Cc1cc(C)c(Cn2cc(CNC3CCN(C)CC3)nn2)c(C)n1. The quantitative estimate of drug-likeness (QED) is 0.907. The summed E-state index contributed by atoms with van der Waals surface area (Å²) >= 11 is 0. The predicted octanol–water partition coefficient (Wildman–Crippen LogP) is 1.83. The number of piperidine rings is 1. The molecule has 1 fully saturated rings. The number of nitrogens with one attached hydrogen (secondary N) is 1. The van der Waals surface area contributed by atoms with Crippen LogP contribution in [0.15, 0.2) is 12.3 Å². The molecule has 0 amide bonds.